The standard InChI is InChI=1S/C16H24FNO3S/c1-12(18-11-16(19)8-4-3-5-9-16)13-6-7-15(14(17)10-13)22(2,20)21/h6-7,10,12,18-19H,3-5,8-9,11H2,1-2H3. The lowest BCUT2D eigenvalue weighted by atomic mass is 9.84. The molecule has 0 saturated heterocycles. The van der Waals surface area contributed by atoms with Crippen LogP contribution >= 0.6 is 0 Å². The molecule has 1 aromatic carbocycles. The first-order chi connectivity index (χ1) is 10.2. The predicted molar refractivity (Wildman–Crippen MR) is 84.0 cm³/mol. The van der Waals surface area contributed by atoms with Gasteiger partial charge >= 0.3 is 0 Å². The van der Waals surface area contributed by atoms with E-state index in [0.717, 1.165) is 38.4 Å². The molecule has 1 aliphatic carbocycles. The summed E-state index contributed by atoms with van der Waals surface area (Å²) in [7, 11) is -3.55. The number of hydrogen-bond donors (Lipinski definition) is 2. The van der Waals surface area contributed by atoms with Crippen molar-refractivity contribution in [1.29, 1.82) is 0 Å². The highest BCUT2D eigenvalue weighted by molar-refractivity contribution is 7.90. The van der Waals surface area contributed by atoms with E-state index in [1.54, 1.807) is 6.07 Å². The fourth-order valence-electron chi connectivity index (χ4n) is 2.93. The zero-order chi connectivity index (χ0) is 16.4. The smallest absolute Gasteiger partial charge is 0.178 e. The molecule has 1 saturated carbocycles. The molecule has 1 aliphatic rings. The van der Waals surface area contributed by atoms with Gasteiger partial charge in [-0.1, -0.05) is 25.3 Å². The minimum atomic E-state index is -3.55. The van der Waals surface area contributed by atoms with Crippen molar-refractivity contribution in [2.24, 2.45) is 0 Å². The molecule has 1 atom stereocenters. The van der Waals surface area contributed by atoms with E-state index in [9.17, 15) is 17.9 Å². The van der Waals surface area contributed by atoms with E-state index >= 15 is 0 Å². The minimum Gasteiger partial charge on any atom is -0.389 e. The summed E-state index contributed by atoms with van der Waals surface area (Å²) in [6, 6.07) is 4.00. The fourth-order valence-corrected chi connectivity index (χ4v) is 3.66. The van der Waals surface area contributed by atoms with Crippen molar-refractivity contribution >= 4 is 9.84 Å². The van der Waals surface area contributed by atoms with Crippen molar-refractivity contribution in [3.05, 3.63) is 29.6 Å². The maximum absolute atomic E-state index is 13.9. The van der Waals surface area contributed by atoms with Gasteiger partial charge in [-0.3, -0.25) is 0 Å². The van der Waals surface area contributed by atoms with Gasteiger partial charge in [0.2, 0.25) is 0 Å². The van der Waals surface area contributed by atoms with Crippen molar-refractivity contribution < 1.29 is 17.9 Å². The van der Waals surface area contributed by atoms with Crippen LogP contribution in [0.5, 0.6) is 0 Å². The van der Waals surface area contributed by atoms with E-state index in [-0.39, 0.29) is 10.9 Å². The minimum absolute atomic E-state index is 0.158. The molecule has 0 radical (unpaired) electrons. The zero-order valence-corrected chi connectivity index (χ0v) is 13.9. The Bertz CT molecular complexity index is 624. The van der Waals surface area contributed by atoms with E-state index in [0.29, 0.717) is 12.1 Å². The van der Waals surface area contributed by atoms with Crippen LogP contribution in [0.1, 0.15) is 50.6 Å². The molecule has 0 aliphatic heterocycles. The summed E-state index contributed by atoms with van der Waals surface area (Å²) in [4.78, 5) is -0.283. The molecule has 0 heterocycles. The Morgan fingerprint density at radius 3 is 2.50 bits per heavy atom. The summed E-state index contributed by atoms with van der Waals surface area (Å²) in [6.07, 6.45) is 5.79. The second kappa shape index (κ2) is 6.64. The Labute approximate surface area is 131 Å². The van der Waals surface area contributed by atoms with Crippen LogP contribution < -0.4 is 5.32 Å². The van der Waals surface area contributed by atoms with Gasteiger partial charge in [0, 0.05) is 18.8 Å². The molecule has 1 unspecified atom stereocenters. The second-order valence-corrected chi connectivity index (χ2v) is 8.33. The third-order valence-electron chi connectivity index (χ3n) is 4.38. The van der Waals surface area contributed by atoms with Gasteiger partial charge in [0.05, 0.1) is 5.60 Å². The van der Waals surface area contributed by atoms with E-state index in [1.807, 2.05) is 6.92 Å². The second-order valence-electron chi connectivity index (χ2n) is 6.35. The van der Waals surface area contributed by atoms with Crippen LogP contribution in [0.15, 0.2) is 23.1 Å². The number of aliphatic hydroxyl groups is 1. The van der Waals surface area contributed by atoms with Gasteiger partial charge < -0.3 is 10.4 Å². The van der Waals surface area contributed by atoms with Crippen molar-refractivity contribution in [2.45, 2.75) is 55.6 Å². The van der Waals surface area contributed by atoms with Crippen LogP contribution in [0.25, 0.3) is 0 Å². The third kappa shape index (κ3) is 4.27. The van der Waals surface area contributed by atoms with Crippen LogP contribution in [0.2, 0.25) is 0 Å². The lowest BCUT2D eigenvalue weighted by molar-refractivity contribution is 0.00300. The Hall–Kier alpha value is -0.980. The highest BCUT2D eigenvalue weighted by atomic mass is 32.2. The SMILES string of the molecule is CC(NCC1(O)CCCCC1)c1ccc(S(C)(=O)=O)c(F)c1. The molecule has 0 bridgehead atoms. The third-order valence-corrected chi connectivity index (χ3v) is 5.51. The Balaban J connectivity index is 2.04. The summed E-state index contributed by atoms with van der Waals surface area (Å²) in [6.45, 7) is 2.34. The maximum Gasteiger partial charge on any atom is 0.178 e. The lowest BCUT2D eigenvalue weighted by Gasteiger charge is -2.33. The molecule has 2 N–H and O–H groups in total. The van der Waals surface area contributed by atoms with Gasteiger partial charge in [-0.15, -0.1) is 0 Å². The molecule has 1 fully saturated rings. The summed E-state index contributed by atoms with van der Waals surface area (Å²) in [5.74, 6) is -0.731. The molecule has 124 valence electrons. The first kappa shape index (κ1) is 17.4. The maximum atomic E-state index is 13.9. The van der Waals surface area contributed by atoms with Crippen molar-refractivity contribution in [2.75, 3.05) is 12.8 Å². The topological polar surface area (TPSA) is 66.4 Å². The van der Waals surface area contributed by atoms with Gasteiger partial charge in [-0.2, -0.15) is 0 Å². The number of nitrogens with one attached hydrogen (secondary N) is 1. The van der Waals surface area contributed by atoms with Crippen LogP contribution in [-0.4, -0.2) is 31.9 Å². The molecule has 0 aromatic heterocycles. The highest BCUT2D eigenvalue weighted by Crippen LogP contribution is 2.28. The molecular formula is C16H24FNO3S. The van der Waals surface area contributed by atoms with Crippen LogP contribution in [0.4, 0.5) is 4.39 Å². The van der Waals surface area contributed by atoms with Crippen molar-refractivity contribution in [3.63, 3.8) is 0 Å². The first-order valence-electron chi connectivity index (χ1n) is 7.67. The Kier molecular flexibility index (Phi) is 5.25. The number of rotatable bonds is 5. The Morgan fingerprint density at radius 2 is 1.95 bits per heavy atom. The summed E-state index contributed by atoms with van der Waals surface area (Å²) in [5.41, 5.74) is -0.0121. The quantitative estimate of drug-likeness (QED) is 0.871. The van der Waals surface area contributed by atoms with Crippen LogP contribution in [0, 0.1) is 5.82 Å². The highest BCUT2D eigenvalue weighted by Gasteiger charge is 2.29. The molecular weight excluding hydrogens is 305 g/mol. The van der Waals surface area contributed by atoms with Gasteiger partial charge in [0.15, 0.2) is 9.84 Å². The normalized spacial score (nSPS) is 19.8. The summed E-state index contributed by atoms with van der Waals surface area (Å²) >= 11 is 0. The first-order valence-corrected chi connectivity index (χ1v) is 9.56. The lowest BCUT2D eigenvalue weighted by Crippen LogP contribution is -2.42. The molecule has 4 nitrogen and oxygen atoms in total. The van der Waals surface area contributed by atoms with E-state index in [2.05, 4.69) is 5.32 Å². The molecule has 1 aromatic rings. The van der Waals surface area contributed by atoms with Crippen molar-refractivity contribution in [1.82, 2.24) is 5.32 Å². The van der Waals surface area contributed by atoms with Gasteiger partial charge in [-0.05, 0) is 37.5 Å². The van der Waals surface area contributed by atoms with Crippen molar-refractivity contribution in [3.8, 4) is 0 Å². The summed E-state index contributed by atoms with van der Waals surface area (Å²) in [5, 5.41) is 13.7. The van der Waals surface area contributed by atoms with Crippen LogP contribution in [-0.2, 0) is 9.84 Å². The number of halogens is 1. The monoisotopic (exact) mass is 329 g/mol. The number of benzene rings is 1. The number of hydrogen-bond acceptors (Lipinski definition) is 4. The van der Waals surface area contributed by atoms with E-state index < -0.39 is 21.3 Å². The molecule has 6 heteroatoms. The Morgan fingerprint density at radius 1 is 1.32 bits per heavy atom. The van der Waals surface area contributed by atoms with Crippen LogP contribution in [0.3, 0.4) is 0 Å². The molecule has 2 rings (SSSR count). The van der Waals surface area contributed by atoms with Gasteiger partial charge in [0.25, 0.3) is 0 Å². The molecule has 0 spiro atoms. The van der Waals surface area contributed by atoms with Gasteiger partial charge in [0.1, 0.15) is 10.7 Å². The van der Waals surface area contributed by atoms with E-state index in [4.69, 9.17) is 0 Å². The molecule has 0 amide bonds. The fraction of sp³-hybridized carbons (Fsp3) is 0.625. The summed E-state index contributed by atoms with van der Waals surface area (Å²) < 4.78 is 36.8. The molecule has 22 heavy (non-hydrogen) atoms. The predicted octanol–water partition coefficient (Wildman–Crippen LogP) is 2.58. The largest absolute Gasteiger partial charge is 0.389 e. The zero-order valence-electron chi connectivity index (χ0n) is 13.1. The number of sulfone groups is 1. The van der Waals surface area contributed by atoms with E-state index in [1.165, 1.54) is 12.1 Å². The average molecular weight is 329 g/mol. The average Bonchev–Trinajstić information content (AvgIpc) is 2.44. The van der Waals surface area contributed by atoms with Gasteiger partial charge in [-0.25, -0.2) is 12.8 Å².